The zero-order valence-corrected chi connectivity index (χ0v) is 26.8. The van der Waals surface area contributed by atoms with Crippen LogP contribution in [0.1, 0.15) is 122 Å². The van der Waals surface area contributed by atoms with E-state index in [0.717, 1.165) is 47.3 Å². The Morgan fingerprint density at radius 1 is 0.786 bits per heavy atom. The predicted molar refractivity (Wildman–Crippen MR) is 175 cm³/mol. The molecule has 0 radical (unpaired) electrons. The zero-order valence-electron chi connectivity index (χ0n) is 26.8. The van der Waals surface area contributed by atoms with Crippen molar-refractivity contribution in [2.24, 2.45) is 0 Å². The van der Waals surface area contributed by atoms with Crippen LogP contribution in [0.25, 0.3) is 11.1 Å². The van der Waals surface area contributed by atoms with Crippen LogP contribution in [0.3, 0.4) is 0 Å². The van der Waals surface area contributed by atoms with Gasteiger partial charge in [0.25, 0.3) is 0 Å². The fraction of sp³-hybridized carbons (Fsp3) is 0.611. The van der Waals surface area contributed by atoms with Gasteiger partial charge in [-0.3, -0.25) is 9.59 Å². The standard InChI is InChI=1S/C36H56N2O4/c1-5-7-8-9-10-11-12-13-14-15-16-17-18-21-26-37-36-30(27-34(40)41)24-25-33(42-4)35(36)32-23-20-19-22-31(32)28-38(6-2)29(3)39/h19-20,22-25,37H,5-18,21,26-28H2,1-4H3,(H,40,41). The molecule has 1 amide bonds. The second-order valence-corrected chi connectivity index (χ2v) is 11.5. The first kappa shape index (κ1) is 35.2. The number of amides is 1. The van der Waals surface area contributed by atoms with Crippen LogP contribution in [-0.2, 0) is 22.6 Å². The number of carboxylic acid groups (broad SMARTS) is 1. The summed E-state index contributed by atoms with van der Waals surface area (Å²) in [6.07, 6.45) is 18.3. The fourth-order valence-electron chi connectivity index (χ4n) is 5.66. The summed E-state index contributed by atoms with van der Waals surface area (Å²) in [6, 6.07) is 11.7. The number of nitrogens with one attached hydrogen (secondary N) is 1. The summed E-state index contributed by atoms with van der Waals surface area (Å²) in [5.41, 5.74) is 4.35. The van der Waals surface area contributed by atoms with E-state index in [0.29, 0.717) is 18.8 Å². The molecule has 0 heterocycles. The lowest BCUT2D eigenvalue weighted by molar-refractivity contribution is -0.136. The lowest BCUT2D eigenvalue weighted by Crippen LogP contribution is -2.28. The third-order valence-corrected chi connectivity index (χ3v) is 8.12. The van der Waals surface area contributed by atoms with E-state index in [1.165, 1.54) is 77.0 Å². The van der Waals surface area contributed by atoms with Gasteiger partial charge in [-0.05, 0) is 36.1 Å². The Morgan fingerprint density at radius 2 is 1.36 bits per heavy atom. The van der Waals surface area contributed by atoms with E-state index in [-0.39, 0.29) is 12.3 Å². The van der Waals surface area contributed by atoms with Crippen LogP contribution in [-0.4, -0.2) is 42.1 Å². The number of hydrogen-bond acceptors (Lipinski definition) is 4. The molecule has 2 aromatic carbocycles. The number of nitrogens with zero attached hydrogens (tertiary/aromatic N) is 1. The number of carbonyl (C=O) groups excluding carboxylic acids is 1. The number of rotatable bonds is 23. The van der Waals surface area contributed by atoms with E-state index in [2.05, 4.69) is 12.2 Å². The summed E-state index contributed by atoms with van der Waals surface area (Å²) >= 11 is 0. The van der Waals surface area contributed by atoms with E-state index in [9.17, 15) is 14.7 Å². The van der Waals surface area contributed by atoms with E-state index < -0.39 is 5.97 Å². The summed E-state index contributed by atoms with van der Waals surface area (Å²) in [5.74, 6) is -0.159. The molecule has 6 nitrogen and oxygen atoms in total. The molecule has 234 valence electrons. The van der Waals surface area contributed by atoms with Crippen molar-refractivity contribution in [2.75, 3.05) is 25.5 Å². The third-order valence-electron chi connectivity index (χ3n) is 8.12. The monoisotopic (exact) mass is 580 g/mol. The lowest BCUT2D eigenvalue weighted by atomic mass is 9.93. The van der Waals surface area contributed by atoms with Gasteiger partial charge < -0.3 is 20.1 Å². The highest BCUT2D eigenvalue weighted by molar-refractivity contribution is 5.89. The molecule has 0 atom stereocenters. The van der Waals surface area contributed by atoms with Crippen molar-refractivity contribution in [3.63, 3.8) is 0 Å². The first-order valence-electron chi connectivity index (χ1n) is 16.4. The quantitative estimate of drug-likeness (QED) is 0.128. The number of carbonyl (C=O) groups is 2. The van der Waals surface area contributed by atoms with E-state index in [1.807, 2.05) is 43.3 Å². The van der Waals surface area contributed by atoms with Gasteiger partial charge in [0.2, 0.25) is 5.91 Å². The Balaban J connectivity index is 1.99. The first-order valence-corrected chi connectivity index (χ1v) is 16.4. The minimum Gasteiger partial charge on any atom is -0.496 e. The molecular weight excluding hydrogens is 524 g/mol. The van der Waals surface area contributed by atoms with Crippen LogP contribution in [0.15, 0.2) is 36.4 Å². The van der Waals surface area contributed by atoms with Gasteiger partial charge in [0.05, 0.1) is 13.5 Å². The lowest BCUT2D eigenvalue weighted by Gasteiger charge is -2.24. The number of carboxylic acids is 1. The molecule has 0 bridgehead atoms. The first-order chi connectivity index (χ1) is 20.4. The Morgan fingerprint density at radius 3 is 1.88 bits per heavy atom. The number of methoxy groups -OCH3 is 1. The van der Waals surface area contributed by atoms with E-state index in [1.54, 1.807) is 18.9 Å². The summed E-state index contributed by atoms with van der Waals surface area (Å²) < 4.78 is 5.79. The van der Waals surface area contributed by atoms with Gasteiger partial charge >= 0.3 is 5.97 Å². The van der Waals surface area contributed by atoms with Gasteiger partial charge in [0, 0.05) is 37.8 Å². The van der Waals surface area contributed by atoms with Crippen LogP contribution < -0.4 is 10.1 Å². The molecule has 0 aliphatic carbocycles. The van der Waals surface area contributed by atoms with Crippen molar-refractivity contribution in [3.8, 4) is 16.9 Å². The molecule has 42 heavy (non-hydrogen) atoms. The van der Waals surface area contributed by atoms with Gasteiger partial charge in [-0.15, -0.1) is 0 Å². The molecule has 2 N–H and O–H groups in total. The maximum absolute atomic E-state index is 12.2. The van der Waals surface area contributed by atoms with Crippen LogP contribution in [0.4, 0.5) is 5.69 Å². The van der Waals surface area contributed by atoms with Crippen molar-refractivity contribution in [1.29, 1.82) is 0 Å². The van der Waals surface area contributed by atoms with Crippen molar-refractivity contribution >= 4 is 17.6 Å². The maximum atomic E-state index is 12.2. The van der Waals surface area contributed by atoms with Crippen LogP contribution in [0, 0.1) is 0 Å². The summed E-state index contributed by atoms with van der Waals surface area (Å²) in [7, 11) is 1.64. The molecule has 0 fully saturated rings. The van der Waals surface area contributed by atoms with Gasteiger partial charge in [-0.2, -0.15) is 0 Å². The Bertz CT molecular complexity index is 1070. The summed E-state index contributed by atoms with van der Waals surface area (Å²) in [6.45, 7) is 7.69. The highest BCUT2D eigenvalue weighted by atomic mass is 16.5. The number of anilines is 1. The smallest absolute Gasteiger partial charge is 0.307 e. The summed E-state index contributed by atoms with van der Waals surface area (Å²) in [5, 5.41) is 13.2. The Kier molecular flexibility index (Phi) is 17.4. The molecule has 2 rings (SSSR count). The number of unbranched alkanes of at least 4 members (excludes halogenated alkanes) is 13. The molecule has 0 aromatic heterocycles. The van der Waals surface area contributed by atoms with Crippen molar-refractivity contribution in [3.05, 3.63) is 47.5 Å². The van der Waals surface area contributed by atoms with Crippen LogP contribution >= 0.6 is 0 Å². The second-order valence-electron chi connectivity index (χ2n) is 11.5. The summed E-state index contributed by atoms with van der Waals surface area (Å²) in [4.78, 5) is 25.7. The molecule has 2 aromatic rings. The SMILES string of the molecule is CCCCCCCCCCCCCCCCNc1c(CC(=O)O)ccc(OC)c1-c1ccccc1CN(CC)C(C)=O. The van der Waals surface area contributed by atoms with Gasteiger partial charge in [0.15, 0.2) is 0 Å². The van der Waals surface area contributed by atoms with E-state index in [4.69, 9.17) is 4.74 Å². The molecule has 0 saturated heterocycles. The van der Waals surface area contributed by atoms with Crippen LogP contribution in [0.2, 0.25) is 0 Å². The number of ether oxygens (including phenoxy) is 1. The number of hydrogen-bond donors (Lipinski definition) is 2. The molecule has 6 heteroatoms. The molecule has 0 unspecified atom stereocenters. The van der Waals surface area contributed by atoms with Crippen molar-refractivity contribution in [1.82, 2.24) is 4.90 Å². The zero-order chi connectivity index (χ0) is 30.6. The average Bonchev–Trinajstić information content (AvgIpc) is 2.98. The minimum absolute atomic E-state index is 0.0232. The molecule has 0 aliphatic rings. The predicted octanol–water partition coefficient (Wildman–Crippen LogP) is 9.25. The van der Waals surface area contributed by atoms with Gasteiger partial charge in [-0.1, -0.05) is 121 Å². The molecule has 0 aliphatic heterocycles. The second kappa shape index (κ2) is 20.8. The van der Waals surface area contributed by atoms with Gasteiger partial charge in [0.1, 0.15) is 5.75 Å². The maximum Gasteiger partial charge on any atom is 0.307 e. The van der Waals surface area contributed by atoms with Gasteiger partial charge in [-0.25, -0.2) is 0 Å². The van der Waals surface area contributed by atoms with E-state index >= 15 is 0 Å². The molecule has 0 spiro atoms. The highest BCUT2D eigenvalue weighted by Gasteiger charge is 2.21. The topological polar surface area (TPSA) is 78.9 Å². The number of aliphatic carboxylic acids is 1. The average molecular weight is 581 g/mol. The third kappa shape index (κ3) is 12.5. The number of benzene rings is 2. The largest absolute Gasteiger partial charge is 0.496 e. The fourth-order valence-corrected chi connectivity index (χ4v) is 5.66. The van der Waals surface area contributed by atoms with Crippen molar-refractivity contribution in [2.45, 2.75) is 124 Å². The van der Waals surface area contributed by atoms with Crippen LogP contribution in [0.5, 0.6) is 5.75 Å². The highest BCUT2D eigenvalue weighted by Crippen LogP contribution is 2.41. The molecular formula is C36H56N2O4. The normalized spacial score (nSPS) is 11.0. The minimum atomic E-state index is -0.868. The molecule has 0 saturated carbocycles. The Hall–Kier alpha value is -3.02. The van der Waals surface area contributed by atoms with Crippen molar-refractivity contribution < 1.29 is 19.4 Å². The Labute approximate surface area is 255 Å².